The van der Waals surface area contributed by atoms with Crippen molar-refractivity contribution in [3.05, 3.63) is 41.5 Å². The molecule has 0 amide bonds. The van der Waals surface area contributed by atoms with E-state index < -0.39 is 0 Å². The third-order valence-corrected chi connectivity index (χ3v) is 2.60. The Hall–Kier alpha value is -2.15. The van der Waals surface area contributed by atoms with Gasteiger partial charge >= 0.3 is 0 Å². The molecule has 0 saturated carbocycles. The topological polar surface area (TPSA) is 54.5 Å². The van der Waals surface area contributed by atoms with Crippen LogP contribution in [-0.2, 0) is 12.8 Å². The highest BCUT2D eigenvalue weighted by Gasteiger charge is 2.11. The minimum Gasteiger partial charge on any atom is -0.216 e. The lowest BCUT2D eigenvalue weighted by Crippen LogP contribution is -2.04. The second-order valence-electron chi connectivity index (χ2n) is 3.69. The molecule has 0 aliphatic carbocycles. The van der Waals surface area contributed by atoms with E-state index in [9.17, 15) is 0 Å². The van der Waals surface area contributed by atoms with Gasteiger partial charge in [0.2, 0.25) is 0 Å². The largest absolute Gasteiger partial charge is 0.216 e. The highest BCUT2D eigenvalue weighted by Crippen LogP contribution is 2.15. The van der Waals surface area contributed by atoms with E-state index in [1.165, 1.54) is 0 Å². The van der Waals surface area contributed by atoms with Crippen LogP contribution in [0, 0.1) is 11.3 Å². The molecule has 0 unspecified atom stereocenters. The van der Waals surface area contributed by atoms with Crippen LogP contribution in [0.5, 0.6) is 0 Å². The Kier molecular flexibility index (Phi) is 3.20. The Morgan fingerprint density at radius 2 is 2.00 bits per heavy atom. The number of aryl methyl sites for hydroxylation is 2. The number of para-hydroxylation sites is 1. The Balaban J connectivity index is 2.60. The second-order valence-corrected chi connectivity index (χ2v) is 3.69. The summed E-state index contributed by atoms with van der Waals surface area (Å²) in [6, 6.07) is 9.63. The summed E-state index contributed by atoms with van der Waals surface area (Å²) in [5, 5.41) is 13.5. The monoisotopic (exact) mass is 226 g/mol. The maximum Gasteiger partial charge on any atom is 0.151 e. The van der Waals surface area contributed by atoms with Gasteiger partial charge in [-0.1, -0.05) is 26.0 Å². The third-order valence-electron chi connectivity index (χ3n) is 2.60. The van der Waals surface area contributed by atoms with E-state index in [0.717, 1.165) is 30.2 Å². The van der Waals surface area contributed by atoms with Gasteiger partial charge in [0.25, 0.3) is 0 Å². The standard InChI is InChI=1S/C13H14N4/c1-3-12-15-13(4-2)17(16-12)11-8-6-5-7-10(11)9-14/h5-8H,3-4H2,1-2H3. The number of nitriles is 1. The zero-order valence-corrected chi connectivity index (χ0v) is 10.0. The van der Waals surface area contributed by atoms with Crippen LogP contribution in [0.25, 0.3) is 5.69 Å². The Labute approximate surface area is 101 Å². The minimum atomic E-state index is 0.620. The number of nitrogens with zero attached hydrogens (tertiary/aromatic N) is 4. The first-order valence-corrected chi connectivity index (χ1v) is 5.74. The number of rotatable bonds is 3. The van der Waals surface area contributed by atoms with E-state index in [0.29, 0.717) is 5.56 Å². The van der Waals surface area contributed by atoms with E-state index in [4.69, 9.17) is 5.26 Å². The Bertz CT molecular complexity index is 563. The molecule has 1 aromatic heterocycles. The van der Waals surface area contributed by atoms with Crippen LogP contribution in [0.2, 0.25) is 0 Å². The van der Waals surface area contributed by atoms with Gasteiger partial charge in [-0.05, 0) is 12.1 Å². The Morgan fingerprint density at radius 3 is 2.65 bits per heavy atom. The molecule has 0 atom stereocenters. The van der Waals surface area contributed by atoms with E-state index in [2.05, 4.69) is 16.2 Å². The molecule has 0 spiro atoms. The number of hydrogen-bond donors (Lipinski definition) is 0. The maximum atomic E-state index is 9.10. The fourth-order valence-electron chi connectivity index (χ4n) is 1.72. The van der Waals surface area contributed by atoms with Crippen molar-refractivity contribution >= 4 is 0 Å². The van der Waals surface area contributed by atoms with Crippen LogP contribution in [0.1, 0.15) is 31.1 Å². The highest BCUT2D eigenvalue weighted by molar-refractivity contribution is 5.48. The first-order chi connectivity index (χ1) is 8.30. The SMILES string of the molecule is CCc1nc(CC)n(-c2ccccc2C#N)n1. The fraction of sp³-hybridized carbons (Fsp3) is 0.308. The van der Waals surface area contributed by atoms with Gasteiger partial charge in [-0.3, -0.25) is 0 Å². The molecule has 0 radical (unpaired) electrons. The lowest BCUT2D eigenvalue weighted by atomic mass is 10.2. The molecule has 2 aromatic rings. The lowest BCUT2D eigenvalue weighted by Gasteiger charge is -2.05. The molecule has 2 rings (SSSR count). The van der Waals surface area contributed by atoms with E-state index in [-0.39, 0.29) is 0 Å². The van der Waals surface area contributed by atoms with Crippen molar-refractivity contribution in [2.24, 2.45) is 0 Å². The van der Waals surface area contributed by atoms with Crippen LogP contribution < -0.4 is 0 Å². The molecule has 0 saturated heterocycles. The predicted molar refractivity (Wildman–Crippen MR) is 64.8 cm³/mol. The smallest absolute Gasteiger partial charge is 0.151 e. The van der Waals surface area contributed by atoms with Gasteiger partial charge in [0, 0.05) is 12.8 Å². The van der Waals surface area contributed by atoms with Crippen LogP contribution in [0.4, 0.5) is 0 Å². The van der Waals surface area contributed by atoms with E-state index in [1.54, 1.807) is 10.7 Å². The first-order valence-electron chi connectivity index (χ1n) is 5.74. The molecule has 17 heavy (non-hydrogen) atoms. The van der Waals surface area contributed by atoms with E-state index in [1.807, 2.05) is 32.0 Å². The van der Waals surface area contributed by atoms with Crippen molar-refractivity contribution in [1.29, 1.82) is 5.26 Å². The summed E-state index contributed by atoms with van der Waals surface area (Å²) in [7, 11) is 0. The molecule has 4 nitrogen and oxygen atoms in total. The summed E-state index contributed by atoms with van der Waals surface area (Å²) < 4.78 is 1.78. The van der Waals surface area contributed by atoms with Gasteiger partial charge in [0.1, 0.15) is 11.9 Å². The van der Waals surface area contributed by atoms with Gasteiger partial charge in [0.05, 0.1) is 11.3 Å². The summed E-state index contributed by atoms with van der Waals surface area (Å²) in [6.07, 6.45) is 1.60. The summed E-state index contributed by atoms with van der Waals surface area (Å²) in [5.74, 6) is 1.71. The fourth-order valence-corrected chi connectivity index (χ4v) is 1.72. The summed E-state index contributed by atoms with van der Waals surface area (Å²) in [6.45, 7) is 4.06. The minimum absolute atomic E-state index is 0.620. The highest BCUT2D eigenvalue weighted by atomic mass is 15.3. The molecule has 0 aliphatic rings. The molecule has 0 N–H and O–H groups in total. The van der Waals surface area contributed by atoms with Crippen molar-refractivity contribution in [3.8, 4) is 11.8 Å². The van der Waals surface area contributed by atoms with Crippen molar-refractivity contribution < 1.29 is 0 Å². The third kappa shape index (κ3) is 2.04. The molecular formula is C13H14N4. The molecule has 1 aromatic carbocycles. The predicted octanol–water partition coefficient (Wildman–Crippen LogP) is 2.26. The lowest BCUT2D eigenvalue weighted by molar-refractivity contribution is 0.789. The zero-order chi connectivity index (χ0) is 12.3. The van der Waals surface area contributed by atoms with Crippen LogP contribution in [-0.4, -0.2) is 14.8 Å². The summed E-state index contributed by atoms with van der Waals surface area (Å²) in [5.41, 5.74) is 1.42. The van der Waals surface area contributed by atoms with Gasteiger partial charge < -0.3 is 0 Å². The number of aromatic nitrogens is 3. The van der Waals surface area contributed by atoms with Crippen molar-refractivity contribution in [2.75, 3.05) is 0 Å². The molecule has 0 fully saturated rings. The quantitative estimate of drug-likeness (QED) is 0.806. The number of hydrogen-bond acceptors (Lipinski definition) is 3. The molecule has 0 bridgehead atoms. The van der Waals surface area contributed by atoms with Crippen molar-refractivity contribution in [3.63, 3.8) is 0 Å². The molecule has 4 heteroatoms. The summed E-state index contributed by atoms with van der Waals surface area (Å²) >= 11 is 0. The molecule has 0 aliphatic heterocycles. The Morgan fingerprint density at radius 1 is 1.24 bits per heavy atom. The zero-order valence-electron chi connectivity index (χ0n) is 10.0. The van der Waals surface area contributed by atoms with Crippen molar-refractivity contribution in [1.82, 2.24) is 14.8 Å². The average Bonchev–Trinajstić information content (AvgIpc) is 2.81. The van der Waals surface area contributed by atoms with Crippen LogP contribution in [0.15, 0.2) is 24.3 Å². The first kappa shape index (κ1) is 11.3. The second kappa shape index (κ2) is 4.79. The summed E-state index contributed by atoms with van der Waals surface area (Å²) in [4.78, 5) is 4.44. The normalized spacial score (nSPS) is 10.2. The van der Waals surface area contributed by atoms with Gasteiger partial charge in [-0.2, -0.15) is 10.4 Å². The van der Waals surface area contributed by atoms with Gasteiger partial charge in [-0.25, -0.2) is 9.67 Å². The van der Waals surface area contributed by atoms with Gasteiger partial charge in [-0.15, -0.1) is 0 Å². The average molecular weight is 226 g/mol. The van der Waals surface area contributed by atoms with Crippen molar-refractivity contribution in [2.45, 2.75) is 26.7 Å². The van der Waals surface area contributed by atoms with Crippen LogP contribution in [0.3, 0.4) is 0 Å². The van der Waals surface area contributed by atoms with Gasteiger partial charge in [0.15, 0.2) is 5.82 Å². The van der Waals surface area contributed by atoms with Crippen LogP contribution >= 0.6 is 0 Å². The number of benzene rings is 1. The molecular weight excluding hydrogens is 212 g/mol. The maximum absolute atomic E-state index is 9.10. The molecule has 1 heterocycles. The molecule has 86 valence electrons. The van der Waals surface area contributed by atoms with E-state index >= 15 is 0 Å².